The molecule has 138 valence electrons. The number of methoxy groups -OCH3 is 1. The molecular weight excluding hydrogens is 373 g/mol. The normalized spacial score (nSPS) is 10.5. The lowest BCUT2D eigenvalue weighted by molar-refractivity contribution is -0.119. The van der Waals surface area contributed by atoms with E-state index in [-0.39, 0.29) is 17.3 Å². The van der Waals surface area contributed by atoms with Crippen LogP contribution in [0.1, 0.15) is 5.56 Å². The van der Waals surface area contributed by atoms with E-state index in [1.807, 2.05) is 0 Å². The number of nitrogens with one attached hydrogen (secondary N) is 2. The minimum Gasteiger partial charge on any atom is -0.375 e. The molecule has 0 heterocycles. The van der Waals surface area contributed by atoms with Gasteiger partial charge < -0.3 is 15.4 Å². The van der Waals surface area contributed by atoms with Gasteiger partial charge in [0.2, 0.25) is 11.8 Å². The van der Waals surface area contributed by atoms with Crippen LogP contribution >= 0.6 is 11.6 Å². The largest absolute Gasteiger partial charge is 0.375 e. The Morgan fingerprint density at radius 1 is 1.04 bits per heavy atom. The highest BCUT2D eigenvalue weighted by atomic mass is 35.5. The Labute approximate surface area is 152 Å². The lowest BCUT2D eigenvalue weighted by atomic mass is 10.1. The Morgan fingerprint density at radius 2 is 1.69 bits per heavy atom. The number of benzene rings is 2. The number of carbonyl (C=O) groups excluding carboxylic acids is 2. The first-order chi connectivity index (χ1) is 12.3. The summed E-state index contributed by atoms with van der Waals surface area (Å²) in [6, 6.07) is 5.26. The zero-order chi connectivity index (χ0) is 19.3. The maximum atomic E-state index is 13.6. The highest BCUT2D eigenvalue weighted by molar-refractivity contribution is 6.34. The number of anilines is 2. The number of hydrogen-bond acceptors (Lipinski definition) is 3. The van der Waals surface area contributed by atoms with Crippen LogP contribution < -0.4 is 10.6 Å². The summed E-state index contributed by atoms with van der Waals surface area (Å²) in [5.41, 5.74) is 0.0217. The molecule has 0 aliphatic heterocycles. The second kappa shape index (κ2) is 8.68. The first-order valence-electron chi connectivity index (χ1n) is 7.31. The van der Waals surface area contributed by atoms with E-state index in [0.29, 0.717) is 17.8 Å². The van der Waals surface area contributed by atoms with Crippen molar-refractivity contribution in [2.24, 2.45) is 0 Å². The lowest BCUT2D eigenvalue weighted by Gasteiger charge is -2.10. The molecule has 0 aliphatic rings. The molecule has 0 radical (unpaired) electrons. The van der Waals surface area contributed by atoms with Gasteiger partial charge in [-0.3, -0.25) is 9.59 Å². The molecular formula is C17H14ClF3N2O3. The number of amides is 2. The summed E-state index contributed by atoms with van der Waals surface area (Å²) in [4.78, 5) is 23.4. The third-order valence-corrected chi connectivity index (χ3v) is 3.56. The minimum atomic E-state index is -1.15. The van der Waals surface area contributed by atoms with E-state index < -0.39 is 41.3 Å². The molecule has 26 heavy (non-hydrogen) atoms. The van der Waals surface area contributed by atoms with Crippen molar-refractivity contribution in [2.45, 2.75) is 6.42 Å². The van der Waals surface area contributed by atoms with E-state index in [9.17, 15) is 22.8 Å². The number of hydrogen-bond donors (Lipinski definition) is 2. The van der Waals surface area contributed by atoms with Crippen LogP contribution in [-0.4, -0.2) is 25.5 Å². The van der Waals surface area contributed by atoms with E-state index >= 15 is 0 Å². The SMILES string of the molecule is COCC(=O)Nc1ccc(NC(=O)Cc2c(F)cc(F)cc2F)cc1Cl. The Hall–Kier alpha value is -2.58. The zero-order valence-electron chi connectivity index (χ0n) is 13.5. The van der Waals surface area contributed by atoms with Gasteiger partial charge in [0.1, 0.15) is 24.1 Å². The minimum absolute atomic E-state index is 0.145. The summed E-state index contributed by atoms with van der Waals surface area (Å²) in [5, 5.41) is 5.07. The fourth-order valence-corrected chi connectivity index (χ4v) is 2.35. The van der Waals surface area contributed by atoms with Crippen LogP contribution in [0.2, 0.25) is 5.02 Å². The molecule has 9 heteroatoms. The number of rotatable bonds is 6. The topological polar surface area (TPSA) is 67.4 Å². The van der Waals surface area contributed by atoms with Crippen LogP contribution in [0.5, 0.6) is 0 Å². The molecule has 2 amide bonds. The van der Waals surface area contributed by atoms with E-state index in [0.717, 1.165) is 0 Å². The summed E-state index contributed by atoms with van der Waals surface area (Å²) in [5.74, 6) is -4.49. The molecule has 2 rings (SSSR count). The van der Waals surface area contributed by atoms with Crippen LogP contribution in [0.3, 0.4) is 0 Å². The van der Waals surface area contributed by atoms with Crippen molar-refractivity contribution in [1.82, 2.24) is 0 Å². The Bertz CT molecular complexity index is 823. The highest BCUT2D eigenvalue weighted by Gasteiger charge is 2.16. The van der Waals surface area contributed by atoms with Crippen molar-refractivity contribution in [3.8, 4) is 0 Å². The monoisotopic (exact) mass is 386 g/mol. The molecule has 0 unspecified atom stereocenters. The van der Waals surface area contributed by atoms with Gasteiger partial charge in [0, 0.05) is 30.5 Å². The van der Waals surface area contributed by atoms with E-state index in [2.05, 4.69) is 15.4 Å². The zero-order valence-corrected chi connectivity index (χ0v) is 14.3. The molecule has 0 aliphatic carbocycles. The maximum absolute atomic E-state index is 13.6. The van der Waals surface area contributed by atoms with Gasteiger partial charge in [0.05, 0.1) is 17.1 Å². The molecule has 0 spiro atoms. The van der Waals surface area contributed by atoms with Crippen molar-refractivity contribution in [3.63, 3.8) is 0 Å². The number of carbonyl (C=O) groups is 2. The molecule has 5 nitrogen and oxygen atoms in total. The predicted molar refractivity (Wildman–Crippen MR) is 90.6 cm³/mol. The van der Waals surface area contributed by atoms with Gasteiger partial charge >= 0.3 is 0 Å². The average Bonchev–Trinajstić information content (AvgIpc) is 2.54. The first kappa shape index (κ1) is 19.7. The molecule has 0 saturated heterocycles. The molecule has 0 aromatic heterocycles. The molecule has 2 aromatic rings. The van der Waals surface area contributed by atoms with Gasteiger partial charge in [0.25, 0.3) is 0 Å². The molecule has 0 bridgehead atoms. The van der Waals surface area contributed by atoms with Crippen molar-refractivity contribution in [3.05, 3.63) is 58.4 Å². The first-order valence-corrected chi connectivity index (χ1v) is 7.69. The molecule has 2 N–H and O–H groups in total. The smallest absolute Gasteiger partial charge is 0.250 e. The van der Waals surface area contributed by atoms with Gasteiger partial charge in [-0.25, -0.2) is 13.2 Å². The van der Waals surface area contributed by atoms with Gasteiger partial charge in [0.15, 0.2) is 0 Å². The Morgan fingerprint density at radius 3 is 2.27 bits per heavy atom. The quantitative estimate of drug-likeness (QED) is 0.798. The van der Waals surface area contributed by atoms with E-state index in [4.69, 9.17) is 11.6 Å². The van der Waals surface area contributed by atoms with Crippen molar-refractivity contribution in [2.75, 3.05) is 24.4 Å². The van der Waals surface area contributed by atoms with E-state index in [1.54, 1.807) is 0 Å². The fraction of sp³-hybridized carbons (Fsp3) is 0.176. The van der Waals surface area contributed by atoms with Crippen LogP contribution in [0.25, 0.3) is 0 Å². The molecule has 0 fully saturated rings. The van der Waals surface area contributed by atoms with Gasteiger partial charge in [-0.2, -0.15) is 0 Å². The van der Waals surface area contributed by atoms with E-state index in [1.165, 1.54) is 25.3 Å². The summed E-state index contributed by atoms with van der Waals surface area (Å²) in [7, 11) is 1.37. The molecule has 2 aromatic carbocycles. The van der Waals surface area contributed by atoms with Gasteiger partial charge in [-0.15, -0.1) is 0 Å². The summed E-state index contributed by atoms with van der Waals surface area (Å²) in [6.45, 7) is -0.149. The van der Waals surface area contributed by atoms with Crippen LogP contribution in [0, 0.1) is 17.5 Å². The van der Waals surface area contributed by atoms with Crippen LogP contribution in [0.15, 0.2) is 30.3 Å². The summed E-state index contributed by atoms with van der Waals surface area (Å²) in [6.07, 6.45) is -0.623. The van der Waals surface area contributed by atoms with Gasteiger partial charge in [-0.1, -0.05) is 11.6 Å². The third-order valence-electron chi connectivity index (χ3n) is 3.25. The Kier molecular flexibility index (Phi) is 6.59. The fourth-order valence-electron chi connectivity index (χ4n) is 2.12. The maximum Gasteiger partial charge on any atom is 0.250 e. The third kappa shape index (κ3) is 5.21. The van der Waals surface area contributed by atoms with Crippen molar-refractivity contribution < 1.29 is 27.5 Å². The van der Waals surface area contributed by atoms with Crippen LogP contribution in [-0.2, 0) is 20.7 Å². The summed E-state index contributed by atoms with van der Waals surface area (Å²) >= 11 is 6.02. The molecule has 0 saturated carbocycles. The second-order valence-corrected chi connectivity index (χ2v) is 5.66. The standard InChI is InChI=1S/C17H14ClF3N2O3/c1-26-8-17(25)23-15-3-2-10(6-12(15)18)22-16(24)7-11-13(20)4-9(19)5-14(11)21/h2-6H,7-8H2,1H3,(H,22,24)(H,23,25). The second-order valence-electron chi connectivity index (χ2n) is 5.25. The molecule has 0 atom stereocenters. The highest BCUT2D eigenvalue weighted by Crippen LogP contribution is 2.26. The van der Waals surface area contributed by atoms with Gasteiger partial charge in [-0.05, 0) is 18.2 Å². The predicted octanol–water partition coefficient (Wildman–Crippen LogP) is 3.52. The summed E-state index contributed by atoms with van der Waals surface area (Å²) < 4.78 is 44.7. The lowest BCUT2D eigenvalue weighted by Crippen LogP contribution is -2.18. The van der Waals surface area contributed by atoms with Crippen LogP contribution in [0.4, 0.5) is 24.5 Å². The van der Waals surface area contributed by atoms with Crippen molar-refractivity contribution in [1.29, 1.82) is 0 Å². The van der Waals surface area contributed by atoms with Crippen molar-refractivity contribution >= 4 is 34.8 Å². The number of ether oxygens (including phenoxy) is 1. The average molecular weight is 387 g/mol. The Balaban J connectivity index is 2.06. The number of halogens is 4.